The van der Waals surface area contributed by atoms with Crippen molar-refractivity contribution < 1.29 is 13.2 Å². The van der Waals surface area contributed by atoms with Crippen molar-refractivity contribution in [3.05, 3.63) is 36.8 Å². The summed E-state index contributed by atoms with van der Waals surface area (Å²) in [6.45, 7) is 1.87. The lowest BCUT2D eigenvalue weighted by atomic mass is 10.1. The zero-order valence-corrected chi connectivity index (χ0v) is 16.3. The number of nitrogens with zero attached hydrogens (tertiary/aromatic N) is 4. The summed E-state index contributed by atoms with van der Waals surface area (Å²) < 4.78 is 30.9. The number of hydrogen-bond donors (Lipinski definition) is 1. The molecular formula is C17H20ClN5O3S. The van der Waals surface area contributed by atoms with E-state index < -0.39 is 9.84 Å². The van der Waals surface area contributed by atoms with E-state index in [0.29, 0.717) is 11.5 Å². The molecule has 27 heavy (non-hydrogen) atoms. The molecule has 0 amide bonds. The van der Waals surface area contributed by atoms with Crippen molar-refractivity contribution >= 4 is 33.3 Å². The monoisotopic (exact) mass is 409 g/mol. The highest BCUT2D eigenvalue weighted by atomic mass is 35.5. The average molecular weight is 410 g/mol. The normalized spacial score (nSPS) is 15.4. The number of hydrogen-bond acceptors (Lipinski definition) is 7. The number of piperidine rings is 1. The van der Waals surface area contributed by atoms with E-state index in [1.807, 2.05) is 0 Å². The fraction of sp³-hybridized carbons (Fsp3) is 0.353. The minimum atomic E-state index is -3.23. The van der Waals surface area contributed by atoms with Crippen LogP contribution in [0.4, 0.5) is 0 Å². The van der Waals surface area contributed by atoms with Crippen LogP contribution in [0.5, 0.6) is 5.88 Å². The predicted octanol–water partition coefficient (Wildman–Crippen LogP) is 1.77. The Labute approximate surface area is 163 Å². The summed E-state index contributed by atoms with van der Waals surface area (Å²) in [5.74, 6) is 0.529. The number of ether oxygens (including phenoxy) is 1. The van der Waals surface area contributed by atoms with Crippen LogP contribution in [-0.4, -0.2) is 53.6 Å². The first-order chi connectivity index (χ1) is 12.5. The van der Waals surface area contributed by atoms with Gasteiger partial charge in [-0.15, -0.1) is 12.4 Å². The molecule has 1 aromatic carbocycles. The van der Waals surface area contributed by atoms with Gasteiger partial charge in [0, 0.05) is 6.26 Å². The molecule has 1 aliphatic heterocycles. The Morgan fingerprint density at radius 3 is 2.52 bits per heavy atom. The van der Waals surface area contributed by atoms with Crippen molar-refractivity contribution in [2.24, 2.45) is 0 Å². The molecule has 0 saturated carbocycles. The van der Waals surface area contributed by atoms with Gasteiger partial charge in [0.15, 0.2) is 15.5 Å². The molecule has 1 saturated heterocycles. The van der Waals surface area contributed by atoms with Crippen LogP contribution in [0.2, 0.25) is 0 Å². The largest absolute Gasteiger partial charge is 0.474 e. The Morgan fingerprint density at radius 2 is 1.85 bits per heavy atom. The second kappa shape index (κ2) is 7.79. The molecule has 3 heterocycles. The third-order valence-corrected chi connectivity index (χ3v) is 5.53. The maximum absolute atomic E-state index is 11.6. The fourth-order valence-corrected chi connectivity index (χ4v) is 3.64. The van der Waals surface area contributed by atoms with Gasteiger partial charge >= 0.3 is 0 Å². The minimum Gasteiger partial charge on any atom is -0.474 e. The smallest absolute Gasteiger partial charge is 0.228 e. The van der Waals surface area contributed by atoms with Crippen LogP contribution in [0.3, 0.4) is 0 Å². The summed E-state index contributed by atoms with van der Waals surface area (Å²) in [6, 6.07) is 6.54. The van der Waals surface area contributed by atoms with E-state index in [9.17, 15) is 8.42 Å². The SMILES string of the molecule is CS(=O)(=O)c1ccc(-n2ncc3c(OC4CCNCC4)ncnc32)cc1.Cl. The first-order valence-corrected chi connectivity index (χ1v) is 10.3. The first kappa shape index (κ1) is 19.5. The molecule has 144 valence electrons. The van der Waals surface area contributed by atoms with Crippen LogP contribution >= 0.6 is 12.4 Å². The van der Waals surface area contributed by atoms with Crippen molar-refractivity contribution in [2.75, 3.05) is 19.3 Å². The molecule has 0 aliphatic carbocycles. The van der Waals surface area contributed by atoms with Crippen molar-refractivity contribution in [3.8, 4) is 11.6 Å². The van der Waals surface area contributed by atoms with Crippen LogP contribution < -0.4 is 10.1 Å². The van der Waals surface area contributed by atoms with Gasteiger partial charge in [-0.1, -0.05) is 0 Å². The zero-order chi connectivity index (χ0) is 18.1. The Balaban J connectivity index is 0.00000210. The van der Waals surface area contributed by atoms with Gasteiger partial charge < -0.3 is 10.1 Å². The zero-order valence-electron chi connectivity index (χ0n) is 14.7. The minimum absolute atomic E-state index is 0. The number of fused-ring (bicyclic) bond motifs is 1. The van der Waals surface area contributed by atoms with Crippen LogP contribution in [0.15, 0.2) is 41.7 Å². The van der Waals surface area contributed by atoms with Crippen molar-refractivity contribution in [3.63, 3.8) is 0 Å². The summed E-state index contributed by atoms with van der Waals surface area (Å²) in [5, 5.41) is 8.42. The van der Waals surface area contributed by atoms with E-state index in [0.717, 1.165) is 37.0 Å². The molecule has 8 nitrogen and oxygen atoms in total. The molecule has 1 fully saturated rings. The number of benzene rings is 1. The third-order valence-electron chi connectivity index (χ3n) is 4.40. The molecule has 3 aromatic rings. The third kappa shape index (κ3) is 4.05. The summed E-state index contributed by atoms with van der Waals surface area (Å²) in [5.41, 5.74) is 1.34. The molecule has 0 radical (unpaired) electrons. The van der Waals surface area contributed by atoms with Crippen LogP contribution in [0.25, 0.3) is 16.7 Å². The van der Waals surface area contributed by atoms with Crippen molar-refractivity contribution in [1.29, 1.82) is 0 Å². The number of halogens is 1. The standard InChI is InChI=1S/C17H19N5O3S.ClH/c1-26(23,24)14-4-2-12(3-5-14)22-16-15(10-21-22)17(20-11-19-16)25-13-6-8-18-9-7-13;/h2-5,10-11,13,18H,6-9H2,1H3;1H. The summed E-state index contributed by atoms with van der Waals surface area (Å²) in [4.78, 5) is 8.86. The molecule has 1 aliphatic rings. The molecule has 4 rings (SSSR count). The van der Waals surface area contributed by atoms with E-state index in [-0.39, 0.29) is 23.4 Å². The van der Waals surface area contributed by atoms with Gasteiger partial charge in [-0.05, 0) is 50.2 Å². The van der Waals surface area contributed by atoms with E-state index in [2.05, 4.69) is 20.4 Å². The Hall–Kier alpha value is -2.23. The van der Waals surface area contributed by atoms with Gasteiger partial charge in [0.2, 0.25) is 5.88 Å². The van der Waals surface area contributed by atoms with Crippen LogP contribution in [0, 0.1) is 0 Å². The summed E-state index contributed by atoms with van der Waals surface area (Å²) in [7, 11) is -3.23. The van der Waals surface area contributed by atoms with Crippen LogP contribution in [-0.2, 0) is 9.84 Å². The Morgan fingerprint density at radius 1 is 1.15 bits per heavy atom. The van der Waals surface area contributed by atoms with Gasteiger partial charge in [-0.2, -0.15) is 5.10 Å². The Bertz CT molecular complexity index is 1030. The molecule has 1 N–H and O–H groups in total. The predicted molar refractivity (Wildman–Crippen MR) is 104 cm³/mol. The van der Waals surface area contributed by atoms with Gasteiger partial charge in [0.1, 0.15) is 17.8 Å². The van der Waals surface area contributed by atoms with Gasteiger partial charge in [0.05, 0.1) is 16.8 Å². The van der Waals surface area contributed by atoms with Gasteiger partial charge in [-0.3, -0.25) is 0 Å². The molecule has 0 bridgehead atoms. The number of sulfone groups is 1. The lowest BCUT2D eigenvalue weighted by Gasteiger charge is -2.23. The average Bonchev–Trinajstić information content (AvgIpc) is 3.07. The van der Waals surface area contributed by atoms with Gasteiger partial charge in [-0.25, -0.2) is 23.1 Å². The lowest BCUT2D eigenvalue weighted by molar-refractivity contribution is 0.158. The molecule has 2 aromatic heterocycles. The number of aromatic nitrogens is 4. The molecular weight excluding hydrogens is 390 g/mol. The van der Waals surface area contributed by atoms with E-state index >= 15 is 0 Å². The van der Waals surface area contributed by atoms with Gasteiger partial charge in [0.25, 0.3) is 0 Å². The highest BCUT2D eigenvalue weighted by Crippen LogP contribution is 2.25. The number of nitrogens with one attached hydrogen (secondary N) is 1. The molecule has 10 heteroatoms. The quantitative estimate of drug-likeness (QED) is 0.701. The molecule has 0 unspecified atom stereocenters. The van der Waals surface area contributed by atoms with E-state index in [1.54, 1.807) is 35.1 Å². The second-order valence-electron chi connectivity index (χ2n) is 6.31. The molecule has 0 spiro atoms. The maximum Gasteiger partial charge on any atom is 0.228 e. The highest BCUT2D eigenvalue weighted by molar-refractivity contribution is 7.90. The van der Waals surface area contributed by atoms with Crippen molar-refractivity contribution in [2.45, 2.75) is 23.8 Å². The first-order valence-electron chi connectivity index (χ1n) is 8.39. The highest BCUT2D eigenvalue weighted by Gasteiger charge is 2.19. The van der Waals surface area contributed by atoms with Crippen LogP contribution in [0.1, 0.15) is 12.8 Å². The second-order valence-corrected chi connectivity index (χ2v) is 8.32. The summed E-state index contributed by atoms with van der Waals surface area (Å²) in [6.07, 6.45) is 6.33. The van der Waals surface area contributed by atoms with Crippen molar-refractivity contribution in [1.82, 2.24) is 25.1 Å². The topological polar surface area (TPSA) is 99.0 Å². The maximum atomic E-state index is 11.6. The van der Waals surface area contributed by atoms with E-state index in [1.165, 1.54) is 12.6 Å². The fourth-order valence-electron chi connectivity index (χ4n) is 3.01. The number of rotatable bonds is 4. The molecule has 0 atom stereocenters. The van der Waals surface area contributed by atoms with E-state index in [4.69, 9.17) is 4.74 Å². The summed E-state index contributed by atoms with van der Waals surface area (Å²) >= 11 is 0. The Kier molecular flexibility index (Phi) is 5.64. The lowest BCUT2D eigenvalue weighted by Crippen LogP contribution is -2.34.